The lowest BCUT2D eigenvalue weighted by Gasteiger charge is -2.36. The number of halogens is 4. The number of piperidine rings is 1. The zero-order chi connectivity index (χ0) is 22.8. The fourth-order valence-corrected chi connectivity index (χ4v) is 3.85. The Morgan fingerprint density at radius 3 is 2.34 bits per heavy atom. The summed E-state index contributed by atoms with van der Waals surface area (Å²) in [5.74, 6) is -0.261. The number of hydrogen-bond donors (Lipinski definition) is 0. The highest BCUT2D eigenvalue weighted by atomic mass is 19.4. The molecular formula is C23H20F4N4O. The van der Waals surface area contributed by atoms with Gasteiger partial charge in [0.2, 0.25) is 0 Å². The Bertz CT molecular complexity index is 1080. The number of benzene rings is 1. The zero-order valence-corrected chi connectivity index (χ0v) is 17.0. The first-order valence-electron chi connectivity index (χ1n) is 10.1. The lowest BCUT2D eigenvalue weighted by Crippen LogP contribution is -2.45. The van der Waals surface area contributed by atoms with Gasteiger partial charge in [0.05, 0.1) is 16.8 Å². The van der Waals surface area contributed by atoms with Crippen molar-refractivity contribution in [3.63, 3.8) is 0 Å². The number of likely N-dealkylation sites (tertiary alicyclic amines) is 1. The summed E-state index contributed by atoms with van der Waals surface area (Å²) in [7, 11) is 0. The van der Waals surface area contributed by atoms with Gasteiger partial charge in [-0.25, -0.2) is 14.4 Å². The molecule has 5 nitrogen and oxygen atoms in total. The third-order valence-electron chi connectivity index (χ3n) is 5.61. The summed E-state index contributed by atoms with van der Waals surface area (Å²) in [6.07, 6.45) is 0.288. The molecule has 32 heavy (non-hydrogen) atoms. The van der Waals surface area contributed by atoms with Gasteiger partial charge < -0.3 is 4.90 Å². The molecule has 0 atom stereocenters. The smallest absolute Gasteiger partial charge is 0.338 e. The van der Waals surface area contributed by atoms with E-state index < -0.39 is 17.4 Å². The average Bonchev–Trinajstić information content (AvgIpc) is 2.79. The van der Waals surface area contributed by atoms with Gasteiger partial charge >= 0.3 is 6.18 Å². The van der Waals surface area contributed by atoms with Crippen LogP contribution in [-0.2, 0) is 12.6 Å². The number of carbonyl (C=O) groups is 1. The molecule has 3 aromatic rings. The fourth-order valence-electron chi connectivity index (χ4n) is 3.85. The lowest BCUT2D eigenvalue weighted by molar-refractivity contribution is -0.137. The molecule has 9 heteroatoms. The maximum Gasteiger partial charge on any atom is 0.416 e. The molecule has 1 aliphatic heterocycles. The van der Waals surface area contributed by atoms with E-state index in [4.69, 9.17) is 0 Å². The molecule has 0 spiro atoms. The number of pyridine rings is 1. The minimum Gasteiger partial charge on any atom is -0.338 e. The van der Waals surface area contributed by atoms with E-state index in [0.717, 1.165) is 12.1 Å². The van der Waals surface area contributed by atoms with Crippen LogP contribution in [0.3, 0.4) is 0 Å². The summed E-state index contributed by atoms with van der Waals surface area (Å²) in [6, 6.07) is 9.53. The normalized spacial score (nSPS) is 16.1. The summed E-state index contributed by atoms with van der Waals surface area (Å²) in [6.45, 7) is 0.405. The van der Waals surface area contributed by atoms with Crippen molar-refractivity contribution in [1.29, 1.82) is 0 Å². The number of amides is 1. The molecule has 0 radical (unpaired) electrons. The Hall–Kier alpha value is -3.36. The van der Waals surface area contributed by atoms with Crippen LogP contribution in [0.25, 0.3) is 11.4 Å². The molecule has 0 aliphatic carbocycles. The van der Waals surface area contributed by atoms with Crippen LogP contribution in [0.15, 0.2) is 61.2 Å². The third kappa shape index (κ3) is 4.76. The highest BCUT2D eigenvalue weighted by Gasteiger charge is 2.37. The highest BCUT2D eigenvalue weighted by molar-refractivity contribution is 5.99. The number of rotatable bonds is 4. The van der Waals surface area contributed by atoms with Gasteiger partial charge in [0.1, 0.15) is 17.7 Å². The Kier molecular flexibility index (Phi) is 5.90. The second kappa shape index (κ2) is 8.64. The van der Waals surface area contributed by atoms with E-state index in [2.05, 4.69) is 15.0 Å². The number of alkyl halides is 4. The first-order valence-corrected chi connectivity index (χ1v) is 10.1. The van der Waals surface area contributed by atoms with Crippen molar-refractivity contribution in [3.05, 3.63) is 77.9 Å². The molecule has 1 saturated heterocycles. The summed E-state index contributed by atoms with van der Waals surface area (Å²) in [5, 5.41) is 0. The van der Waals surface area contributed by atoms with Gasteiger partial charge in [0.15, 0.2) is 0 Å². The van der Waals surface area contributed by atoms with Crippen molar-refractivity contribution >= 4 is 5.91 Å². The maximum atomic E-state index is 15.4. The number of aromatic nitrogens is 3. The van der Waals surface area contributed by atoms with Gasteiger partial charge in [-0.2, -0.15) is 13.2 Å². The van der Waals surface area contributed by atoms with Crippen LogP contribution in [0.1, 0.15) is 34.3 Å². The number of hydrogen-bond acceptors (Lipinski definition) is 4. The van der Waals surface area contributed by atoms with E-state index >= 15 is 4.39 Å². The van der Waals surface area contributed by atoms with Crippen LogP contribution in [0.4, 0.5) is 17.6 Å². The molecule has 0 bridgehead atoms. The first kappa shape index (κ1) is 21.9. The van der Waals surface area contributed by atoms with E-state index in [1.807, 2.05) is 0 Å². The zero-order valence-electron chi connectivity index (χ0n) is 17.0. The van der Waals surface area contributed by atoms with Gasteiger partial charge in [-0.15, -0.1) is 0 Å². The van der Waals surface area contributed by atoms with E-state index in [1.165, 1.54) is 18.5 Å². The molecule has 0 N–H and O–H groups in total. The fraction of sp³-hybridized carbons (Fsp3) is 0.304. The minimum atomic E-state index is -4.42. The minimum absolute atomic E-state index is 0.00620. The quantitative estimate of drug-likeness (QED) is 0.546. The van der Waals surface area contributed by atoms with Crippen LogP contribution >= 0.6 is 0 Å². The number of nitrogens with zero attached hydrogens (tertiary/aromatic N) is 4. The van der Waals surface area contributed by atoms with Crippen LogP contribution < -0.4 is 0 Å². The monoisotopic (exact) mass is 444 g/mol. The second-order valence-electron chi connectivity index (χ2n) is 7.81. The van der Waals surface area contributed by atoms with Gasteiger partial charge in [-0.3, -0.25) is 9.78 Å². The Labute approximate surface area is 182 Å². The van der Waals surface area contributed by atoms with Crippen molar-refractivity contribution in [1.82, 2.24) is 19.9 Å². The van der Waals surface area contributed by atoms with Crippen molar-refractivity contribution in [2.24, 2.45) is 0 Å². The average molecular weight is 444 g/mol. The van der Waals surface area contributed by atoms with E-state index in [-0.39, 0.29) is 38.3 Å². The second-order valence-corrected chi connectivity index (χ2v) is 7.81. The van der Waals surface area contributed by atoms with Crippen LogP contribution in [0, 0.1) is 0 Å². The standard InChI is InChI=1S/C23H20F4N4O/c24-22(14-16-3-5-17(6-4-16)23(25,26)27)8-12-31(13-9-22)21(32)18-2-1-10-29-20(18)19-7-11-28-15-30-19/h1-7,10-11,15H,8-9,12-14H2. The number of carbonyl (C=O) groups excluding carboxylic acids is 1. The molecule has 1 aromatic carbocycles. The molecule has 166 valence electrons. The summed E-state index contributed by atoms with van der Waals surface area (Å²) >= 11 is 0. The lowest BCUT2D eigenvalue weighted by atomic mass is 9.86. The van der Waals surface area contributed by atoms with Crippen molar-refractivity contribution in [2.75, 3.05) is 13.1 Å². The molecule has 0 unspecified atom stereocenters. The van der Waals surface area contributed by atoms with Crippen molar-refractivity contribution in [2.45, 2.75) is 31.1 Å². The van der Waals surface area contributed by atoms with Gasteiger partial charge in [-0.05, 0) is 48.7 Å². The van der Waals surface area contributed by atoms with Gasteiger partial charge in [-0.1, -0.05) is 12.1 Å². The molecule has 1 fully saturated rings. The van der Waals surface area contributed by atoms with Crippen LogP contribution in [0.2, 0.25) is 0 Å². The predicted molar refractivity (Wildman–Crippen MR) is 109 cm³/mol. The highest BCUT2D eigenvalue weighted by Crippen LogP contribution is 2.33. The predicted octanol–water partition coefficient (Wildman–Crippen LogP) is 4.74. The SMILES string of the molecule is O=C(c1cccnc1-c1ccncn1)N1CCC(F)(Cc2ccc(C(F)(F)F)cc2)CC1. The molecule has 1 aliphatic rings. The first-order chi connectivity index (χ1) is 15.3. The van der Waals surface area contributed by atoms with E-state index in [0.29, 0.717) is 22.5 Å². The van der Waals surface area contributed by atoms with E-state index in [9.17, 15) is 18.0 Å². The van der Waals surface area contributed by atoms with Crippen LogP contribution in [0.5, 0.6) is 0 Å². The Morgan fingerprint density at radius 2 is 1.72 bits per heavy atom. The molecule has 2 aromatic heterocycles. The molecule has 3 heterocycles. The Morgan fingerprint density at radius 1 is 1.00 bits per heavy atom. The largest absolute Gasteiger partial charge is 0.416 e. The third-order valence-corrected chi connectivity index (χ3v) is 5.61. The van der Waals surface area contributed by atoms with Crippen molar-refractivity contribution in [3.8, 4) is 11.4 Å². The topological polar surface area (TPSA) is 59.0 Å². The van der Waals surface area contributed by atoms with Gasteiger partial charge in [0.25, 0.3) is 5.91 Å². The summed E-state index contributed by atoms with van der Waals surface area (Å²) in [4.78, 5) is 27.0. The Balaban J connectivity index is 1.43. The molecular weight excluding hydrogens is 424 g/mol. The van der Waals surface area contributed by atoms with Crippen molar-refractivity contribution < 1.29 is 22.4 Å². The maximum absolute atomic E-state index is 15.4. The summed E-state index contributed by atoms with van der Waals surface area (Å²) in [5.41, 5.74) is -0.518. The van der Waals surface area contributed by atoms with Gasteiger partial charge in [0, 0.05) is 31.9 Å². The molecule has 1 amide bonds. The molecule has 4 rings (SSSR count). The summed E-state index contributed by atoms with van der Waals surface area (Å²) < 4.78 is 53.6. The van der Waals surface area contributed by atoms with Crippen LogP contribution in [-0.4, -0.2) is 44.5 Å². The molecule has 0 saturated carbocycles. The van der Waals surface area contributed by atoms with E-state index in [1.54, 1.807) is 35.5 Å².